The summed E-state index contributed by atoms with van der Waals surface area (Å²) in [5.74, 6) is 0.935. The average molecular weight is 436 g/mol. The lowest BCUT2D eigenvalue weighted by Gasteiger charge is -2.35. The van der Waals surface area contributed by atoms with E-state index in [1.807, 2.05) is 46.2 Å². The van der Waals surface area contributed by atoms with Crippen LogP contribution in [0, 0.1) is 0 Å². The van der Waals surface area contributed by atoms with E-state index in [4.69, 9.17) is 4.74 Å². The Hall–Kier alpha value is -3.35. The number of nitrogens with zero attached hydrogens (tertiary/aromatic N) is 3. The summed E-state index contributed by atoms with van der Waals surface area (Å²) >= 11 is 0. The van der Waals surface area contributed by atoms with E-state index in [2.05, 4.69) is 0 Å². The van der Waals surface area contributed by atoms with Crippen molar-refractivity contribution in [3.8, 4) is 5.75 Å². The second-order valence-electron chi connectivity index (χ2n) is 8.29. The van der Waals surface area contributed by atoms with Gasteiger partial charge in [0.25, 0.3) is 5.91 Å². The standard InChI is InChI=1S/C25H29N3O4/c1-18(29)28-12-11-20-17-21(6-9-23(20)28)25(31)27-15-13-26(14-16-27)24(30)10-5-19-3-7-22(32-2)8-4-19/h3-4,6-9,17H,5,10-16H2,1-2H3. The molecule has 0 radical (unpaired) electrons. The van der Waals surface area contributed by atoms with Gasteiger partial charge in [0.2, 0.25) is 11.8 Å². The maximum absolute atomic E-state index is 13.0. The predicted molar refractivity (Wildman–Crippen MR) is 122 cm³/mol. The number of rotatable bonds is 5. The summed E-state index contributed by atoms with van der Waals surface area (Å²) in [4.78, 5) is 42.7. The van der Waals surface area contributed by atoms with Crippen LogP contribution in [0.5, 0.6) is 5.75 Å². The molecule has 7 heteroatoms. The van der Waals surface area contributed by atoms with Gasteiger partial charge in [-0.25, -0.2) is 0 Å². The normalized spacial score (nSPS) is 15.5. The van der Waals surface area contributed by atoms with Crippen LogP contribution in [0.4, 0.5) is 5.69 Å². The molecule has 0 spiro atoms. The van der Waals surface area contributed by atoms with Crippen LogP contribution in [0.1, 0.15) is 34.8 Å². The Bertz CT molecular complexity index is 1010. The molecule has 0 aromatic heterocycles. The predicted octanol–water partition coefficient (Wildman–Crippen LogP) is 2.52. The minimum atomic E-state index is -0.0144. The van der Waals surface area contributed by atoms with Gasteiger partial charge in [-0.15, -0.1) is 0 Å². The molecule has 0 bridgehead atoms. The fraction of sp³-hybridized carbons (Fsp3) is 0.400. The van der Waals surface area contributed by atoms with Gasteiger partial charge < -0.3 is 19.4 Å². The van der Waals surface area contributed by atoms with Crippen molar-refractivity contribution in [3.05, 3.63) is 59.2 Å². The molecule has 7 nitrogen and oxygen atoms in total. The Morgan fingerprint density at radius 3 is 2.25 bits per heavy atom. The first-order chi connectivity index (χ1) is 15.5. The monoisotopic (exact) mass is 435 g/mol. The molecule has 1 saturated heterocycles. The van der Waals surface area contributed by atoms with Gasteiger partial charge in [0.1, 0.15) is 5.75 Å². The number of fused-ring (bicyclic) bond motifs is 1. The minimum absolute atomic E-state index is 0.0144. The number of aryl methyl sites for hydroxylation is 1. The van der Waals surface area contributed by atoms with Crippen LogP contribution < -0.4 is 9.64 Å². The fourth-order valence-corrected chi connectivity index (χ4v) is 4.40. The molecule has 2 aliphatic heterocycles. The Balaban J connectivity index is 1.29. The Labute approximate surface area is 188 Å². The zero-order valence-electron chi connectivity index (χ0n) is 18.7. The largest absolute Gasteiger partial charge is 0.497 e. The van der Waals surface area contributed by atoms with Crippen molar-refractivity contribution in [2.75, 3.05) is 44.7 Å². The summed E-state index contributed by atoms with van der Waals surface area (Å²) in [6, 6.07) is 13.4. The zero-order valence-corrected chi connectivity index (χ0v) is 18.7. The van der Waals surface area contributed by atoms with Crippen LogP contribution in [-0.4, -0.2) is 67.4 Å². The third-order valence-electron chi connectivity index (χ3n) is 6.31. The highest BCUT2D eigenvalue weighted by Crippen LogP contribution is 2.29. The summed E-state index contributed by atoms with van der Waals surface area (Å²) in [6.07, 6.45) is 1.92. The van der Waals surface area contributed by atoms with Crippen molar-refractivity contribution in [2.24, 2.45) is 0 Å². The van der Waals surface area contributed by atoms with E-state index in [-0.39, 0.29) is 17.7 Å². The van der Waals surface area contributed by atoms with Crippen LogP contribution in [0.3, 0.4) is 0 Å². The van der Waals surface area contributed by atoms with E-state index in [1.165, 1.54) is 0 Å². The van der Waals surface area contributed by atoms with Gasteiger partial charge in [-0.2, -0.15) is 0 Å². The van der Waals surface area contributed by atoms with Gasteiger partial charge in [-0.05, 0) is 54.3 Å². The molecule has 1 fully saturated rings. The molecule has 168 valence electrons. The van der Waals surface area contributed by atoms with E-state index >= 15 is 0 Å². The van der Waals surface area contributed by atoms with Gasteiger partial charge in [-0.1, -0.05) is 12.1 Å². The first kappa shape index (κ1) is 21.9. The van der Waals surface area contributed by atoms with E-state index in [0.29, 0.717) is 51.1 Å². The smallest absolute Gasteiger partial charge is 0.253 e. The molecule has 0 saturated carbocycles. The molecule has 0 aliphatic carbocycles. The van der Waals surface area contributed by atoms with Crippen molar-refractivity contribution >= 4 is 23.4 Å². The molecule has 2 aromatic carbocycles. The molecule has 2 aromatic rings. The number of benzene rings is 2. The molecule has 0 atom stereocenters. The molecule has 32 heavy (non-hydrogen) atoms. The van der Waals surface area contributed by atoms with Crippen molar-refractivity contribution in [1.29, 1.82) is 0 Å². The number of methoxy groups -OCH3 is 1. The number of amides is 3. The van der Waals surface area contributed by atoms with Crippen LogP contribution in [0.25, 0.3) is 0 Å². The molecular formula is C25H29N3O4. The van der Waals surface area contributed by atoms with Gasteiger partial charge >= 0.3 is 0 Å². The average Bonchev–Trinajstić information content (AvgIpc) is 3.26. The second kappa shape index (κ2) is 9.42. The molecule has 0 unspecified atom stereocenters. The van der Waals surface area contributed by atoms with E-state index < -0.39 is 0 Å². The maximum Gasteiger partial charge on any atom is 0.253 e. The summed E-state index contributed by atoms with van der Waals surface area (Å²) in [5, 5.41) is 0. The van der Waals surface area contributed by atoms with Gasteiger partial charge in [-0.3, -0.25) is 14.4 Å². The minimum Gasteiger partial charge on any atom is -0.497 e. The third-order valence-corrected chi connectivity index (χ3v) is 6.31. The molecule has 2 aliphatic rings. The number of ether oxygens (including phenoxy) is 1. The number of carbonyl (C=O) groups is 3. The summed E-state index contributed by atoms with van der Waals surface area (Å²) < 4.78 is 5.16. The highest BCUT2D eigenvalue weighted by atomic mass is 16.5. The Morgan fingerprint density at radius 1 is 0.906 bits per heavy atom. The van der Waals surface area contributed by atoms with E-state index in [0.717, 1.165) is 29.0 Å². The lowest BCUT2D eigenvalue weighted by atomic mass is 10.1. The number of carbonyl (C=O) groups excluding carboxylic acids is 3. The van der Waals surface area contributed by atoms with Gasteiger partial charge in [0, 0.05) is 57.3 Å². The lowest BCUT2D eigenvalue weighted by molar-refractivity contribution is -0.132. The highest BCUT2D eigenvalue weighted by Gasteiger charge is 2.27. The van der Waals surface area contributed by atoms with Crippen molar-refractivity contribution in [1.82, 2.24) is 9.80 Å². The first-order valence-corrected chi connectivity index (χ1v) is 11.1. The molecule has 3 amide bonds. The van der Waals surface area contributed by atoms with E-state index in [9.17, 15) is 14.4 Å². The van der Waals surface area contributed by atoms with Crippen LogP contribution >= 0.6 is 0 Å². The van der Waals surface area contributed by atoms with Crippen molar-refractivity contribution < 1.29 is 19.1 Å². The Kier molecular flexibility index (Phi) is 6.44. The lowest BCUT2D eigenvalue weighted by Crippen LogP contribution is -2.50. The topological polar surface area (TPSA) is 70.2 Å². The first-order valence-electron chi connectivity index (χ1n) is 11.1. The quantitative estimate of drug-likeness (QED) is 0.724. The van der Waals surface area contributed by atoms with Crippen molar-refractivity contribution in [3.63, 3.8) is 0 Å². The van der Waals surface area contributed by atoms with Crippen LogP contribution in [0.2, 0.25) is 0 Å². The Morgan fingerprint density at radius 2 is 1.59 bits per heavy atom. The van der Waals surface area contributed by atoms with Crippen LogP contribution in [-0.2, 0) is 22.4 Å². The highest BCUT2D eigenvalue weighted by molar-refractivity contribution is 5.98. The third kappa shape index (κ3) is 4.61. The SMILES string of the molecule is COc1ccc(CCC(=O)N2CCN(C(=O)c3ccc4c(c3)CCN4C(C)=O)CC2)cc1. The summed E-state index contributed by atoms with van der Waals surface area (Å²) in [7, 11) is 1.63. The van der Waals surface area contributed by atoms with Gasteiger partial charge in [0.05, 0.1) is 7.11 Å². The van der Waals surface area contributed by atoms with E-state index in [1.54, 1.807) is 25.0 Å². The van der Waals surface area contributed by atoms with Gasteiger partial charge in [0.15, 0.2) is 0 Å². The second-order valence-corrected chi connectivity index (χ2v) is 8.29. The van der Waals surface area contributed by atoms with Crippen LogP contribution in [0.15, 0.2) is 42.5 Å². The number of piperazine rings is 1. The summed E-state index contributed by atoms with van der Waals surface area (Å²) in [6.45, 7) is 4.39. The number of hydrogen-bond donors (Lipinski definition) is 0. The molecule has 0 N–H and O–H groups in total. The zero-order chi connectivity index (χ0) is 22.7. The molecule has 4 rings (SSSR count). The van der Waals surface area contributed by atoms with Crippen molar-refractivity contribution in [2.45, 2.75) is 26.2 Å². The number of anilines is 1. The maximum atomic E-state index is 13.0. The number of hydrogen-bond acceptors (Lipinski definition) is 4. The molecular weight excluding hydrogens is 406 g/mol. The summed E-state index contributed by atoms with van der Waals surface area (Å²) in [5.41, 5.74) is 3.70. The fourth-order valence-electron chi connectivity index (χ4n) is 4.40. The molecule has 2 heterocycles.